The average Bonchev–Trinajstić information content (AvgIpc) is 1.64. The molecule has 4 aliphatic rings. The molecule has 1 aromatic heterocycles. The Balaban J connectivity index is -0.000000242. The smallest absolute Gasteiger partial charge is 0.409 e. The molecule has 150 heavy (non-hydrogen) atoms. The number of esters is 7. The minimum Gasteiger partial charge on any atom is -0.469 e. The highest BCUT2D eigenvalue weighted by Crippen LogP contribution is 2.40. The number of likely N-dealkylation sites (tertiary alicyclic amines) is 2. The number of urea groups is 1. The normalized spacial score (nSPS) is 12.4. The van der Waals surface area contributed by atoms with Crippen LogP contribution in [0, 0.1) is 11.8 Å². The molecular formula is C89H138N22O24S15. The summed E-state index contributed by atoms with van der Waals surface area (Å²) in [6.45, 7) is 28.5. The van der Waals surface area contributed by atoms with Gasteiger partial charge in [0.05, 0.1) is 155 Å². The number of carbonyl (C=O) groups is 13. The Morgan fingerprint density at radius 1 is 0.607 bits per heavy atom. The van der Waals surface area contributed by atoms with Gasteiger partial charge in [0.15, 0.2) is 23.2 Å². The van der Waals surface area contributed by atoms with Crippen LogP contribution in [0.1, 0.15) is 188 Å². The number of aliphatic imine (C=N–C) groups is 7. The van der Waals surface area contributed by atoms with E-state index in [4.69, 9.17) is 24.8 Å². The van der Waals surface area contributed by atoms with Crippen LogP contribution >= 0.6 is 85.5 Å². The minimum absolute atomic E-state index is 0.00966. The van der Waals surface area contributed by atoms with Crippen molar-refractivity contribution < 1.29 is 113 Å². The van der Waals surface area contributed by atoms with Crippen molar-refractivity contribution in [3.8, 4) is 0 Å². The number of carbonyl (C=O) groups excluding carboxylic acids is 13. The van der Waals surface area contributed by atoms with Crippen LogP contribution in [0.25, 0.3) is 0 Å². The summed E-state index contributed by atoms with van der Waals surface area (Å²) < 4.78 is 87.8. The van der Waals surface area contributed by atoms with Crippen molar-refractivity contribution in [3.63, 3.8) is 0 Å². The molecule has 1 aliphatic carbocycles. The second-order valence-electron chi connectivity index (χ2n) is 30.7. The molecule has 838 valence electrons. The molecule has 4 heterocycles. The molecule has 2 aromatic rings. The van der Waals surface area contributed by atoms with Gasteiger partial charge in [0.2, 0.25) is 45.3 Å². The van der Waals surface area contributed by atoms with Gasteiger partial charge in [-0.25, -0.2) is 108 Å². The van der Waals surface area contributed by atoms with E-state index in [9.17, 15) is 70.7 Å². The number of nitrogens with two attached hydrogens (primary N) is 2. The van der Waals surface area contributed by atoms with Crippen LogP contribution in [0.5, 0.6) is 0 Å². The van der Waals surface area contributed by atoms with E-state index < -0.39 is 45.1 Å². The predicted molar refractivity (Wildman–Crippen MR) is 609 cm³/mol. The highest BCUT2D eigenvalue weighted by Gasteiger charge is 2.52. The number of hydrogen-bond donors (Lipinski definition) is 5. The molecule has 1 saturated carbocycles. The lowest BCUT2D eigenvalue weighted by atomic mass is 10.0. The number of methoxy groups -OCH3 is 6. The number of nitrogens with zero attached hydrogens (tertiary/aromatic N) is 17. The summed E-state index contributed by atoms with van der Waals surface area (Å²) in [4.78, 5) is 170. The van der Waals surface area contributed by atoms with Crippen molar-refractivity contribution >= 4 is 302 Å². The molecule has 0 spiro atoms. The summed E-state index contributed by atoms with van der Waals surface area (Å²) in [6.07, 6.45) is 12.2. The van der Waals surface area contributed by atoms with Crippen molar-refractivity contribution in [2.24, 2.45) is 88.2 Å². The minimum atomic E-state index is -3.58. The summed E-state index contributed by atoms with van der Waals surface area (Å²) in [6, 6.07) is 8.49. The molecule has 0 bridgehead atoms. The number of thiocarbonyl (C=S) groups is 7. The monoisotopic (exact) mass is 2380 g/mol. The van der Waals surface area contributed by atoms with Gasteiger partial charge in [-0.15, -0.1) is 0 Å². The third-order valence-electron chi connectivity index (χ3n) is 17.9. The van der Waals surface area contributed by atoms with E-state index in [-0.39, 0.29) is 113 Å². The van der Waals surface area contributed by atoms with Crippen molar-refractivity contribution in [3.05, 3.63) is 47.7 Å². The lowest BCUT2D eigenvalue weighted by molar-refractivity contribution is -0.146. The number of piperidine rings is 1. The highest BCUT2D eigenvalue weighted by atomic mass is 32.2. The zero-order chi connectivity index (χ0) is 116. The van der Waals surface area contributed by atoms with Gasteiger partial charge in [-0.2, -0.15) is 4.99 Å². The molecule has 3 atom stereocenters. The van der Waals surface area contributed by atoms with Crippen LogP contribution in [0.2, 0.25) is 0 Å². The fourth-order valence-electron chi connectivity index (χ4n) is 9.86. The molecular weight excluding hydrogens is 2240 g/mol. The number of rotatable bonds is 46. The largest absolute Gasteiger partial charge is 0.469 e. The van der Waals surface area contributed by atoms with E-state index in [0.29, 0.717) is 117 Å². The van der Waals surface area contributed by atoms with Crippen LogP contribution in [0.4, 0.5) is 15.5 Å². The number of primary sulfonamides is 1. The number of primary amides is 1. The predicted octanol–water partition coefficient (Wildman–Crippen LogP) is 12.0. The van der Waals surface area contributed by atoms with Gasteiger partial charge < -0.3 is 78.7 Å². The quantitative estimate of drug-likeness (QED) is 0.0135. The number of isothiocyanates is 7. The van der Waals surface area contributed by atoms with Crippen molar-refractivity contribution in [1.82, 2.24) is 30.7 Å². The summed E-state index contributed by atoms with van der Waals surface area (Å²) >= 11 is 61.5. The van der Waals surface area contributed by atoms with E-state index in [1.54, 1.807) is 56.7 Å². The van der Waals surface area contributed by atoms with Crippen molar-refractivity contribution in [2.75, 3.05) is 161 Å². The number of sulfonamides is 1. The fourth-order valence-corrected chi connectivity index (χ4v) is 12.0. The molecule has 0 radical (unpaired) electrons. The Labute approximate surface area is 953 Å². The first-order valence-electron chi connectivity index (χ1n) is 45.6. The van der Waals surface area contributed by atoms with E-state index >= 15 is 0 Å². The van der Waals surface area contributed by atoms with Gasteiger partial charge in [-0.3, -0.25) is 28.8 Å². The second-order valence-corrected chi connectivity index (χ2v) is 35.1. The molecule has 7 N–H and O–H groups in total. The van der Waals surface area contributed by atoms with Crippen LogP contribution in [-0.4, -0.2) is 333 Å². The van der Waals surface area contributed by atoms with E-state index in [1.807, 2.05) is 39.5 Å². The SMILES string of the molecule is CC(=O)NCCN=C=S.CCOC(=O)C1(N=S)CC1.CCOC(=O)N1CCC(N=S)CC1.CNC(=O)CCCN=S.COC(=O)C(C)(C)N=S.COC(=O)C(CC(C)C)N=C=S.COC(=O)C(N=C=S)C(C)C.COC(=O)CC(C)N=S.COC(=O)CCCCCN=C=S.COC(=O)c1ccc(N=C=S)o1.NC(=O)CCN=C=S.NS(=O)(=O)c1ccc(CCN=S)cc1.O=C1CCCN1CCCN=S.O=C1NCCN1CCN=C=S. The van der Waals surface area contributed by atoms with Gasteiger partial charge in [-0.1, -0.05) is 46.2 Å². The number of hydrogen-bond acceptors (Lipinski definition) is 52. The second kappa shape index (κ2) is 105. The Kier molecular flexibility index (Phi) is 108. The van der Waals surface area contributed by atoms with E-state index in [2.05, 4.69) is 318 Å². The zero-order valence-electron chi connectivity index (χ0n) is 87.1. The Morgan fingerprint density at radius 2 is 1.17 bits per heavy atom. The first kappa shape index (κ1) is 155. The third-order valence-corrected chi connectivity index (χ3v) is 21.7. The maximum Gasteiger partial charge on any atom is 0.409 e. The third kappa shape index (κ3) is 92.7. The molecule has 6 rings (SSSR count). The Bertz CT molecular complexity index is 4840. The number of furan rings is 1. The van der Waals surface area contributed by atoms with E-state index in [1.165, 1.54) is 73.8 Å². The highest BCUT2D eigenvalue weighted by molar-refractivity contribution is 7.89. The van der Waals surface area contributed by atoms with Gasteiger partial charge in [0, 0.05) is 192 Å². The molecule has 4 fully saturated rings. The number of unbranched alkanes of at least 4 members (excludes halogenated alkanes) is 2. The molecule has 7 amide bonds. The van der Waals surface area contributed by atoms with Gasteiger partial charge in [0.1, 0.15) is 0 Å². The topological polar surface area (TPSA) is 614 Å². The zero-order valence-corrected chi connectivity index (χ0v) is 99.4. The number of benzene rings is 1. The Morgan fingerprint density at radius 3 is 1.59 bits per heavy atom. The molecule has 3 aliphatic heterocycles. The van der Waals surface area contributed by atoms with E-state index in [0.717, 1.165) is 102 Å². The van der Waals surface area contributed by atoms with Gasteiger partial charge >= 0.3 is 53.9 Å². The lowest BCUT2D eigenvalue weighted by Crippen LogP contribution is -2.39. The molecule has 46 nitrogen and oxygen atoms in total. The summed E-state index contributed by atoms with van der Waals surface area (Å²) in [7, 11) is 6.03. The van der Waals surface area contributed by atoms with Crippen molar-refractivity contribution in [1.29, 1.82) is 0 Å². The van der Waals surface area contributed by atoms with Crippen LogP contribution in [0.15, 0.2) is 111 Å². The first-order chi connectivity index (χ1) is 71.2. The average molecular weight is 2380 g/mol. The molecule has 3 unspecified atom stereocenters. The summed E-state index contributed by atoms with van der Waals surface area (Å²) in [5.74, 6) is -1.58. The van der Waals surface area contributed by atoms with Gasteiger partial charge in [0.25, 0.3) is 0 Å². The summed E-state index contributed by atoms with van der Waals surface area (Å²) in [5.41, 5.74) is 4.27. The maximum absolute atomic E-state index is 11.2. The number of ether oxygens (including phenoxy) is 8. The summed E-state index contributed by atoms with van der Waals surface area (Å²) in [5, 5.41) is 28.1. The molecule has 1 aromatic carbocycles. The molecule has 61 heteroatoms. The number of nitrogens with one attached hydrogen (secondary N) is 3. The molecule has 3 saturated heterocycles. The standard InChI is InChI=1S/C8H10N2O2S2.C8H14N2O2S.2C8H13NO2S.C7H12N2OS.C7H5NO3S.C7H11NO2S.C6H9N3OS.C6H9NO2S.C5H8N2OS.C5H10N2OS.2C5H9NO2S.C4H6N2OS/c9-14(11,12)8-3-1-7(2-4-8)5-6-10-13;1-2-12-8(11)10-5-3-7(9-13)4-6-10;1-6(2)4-7(9-5-12)8(10)11-3;1-11-8(10)5-3-2-4-6-9-7-12;10-7-3-1-5-9(7)6-2-4-8-11;1-10-7(9)5-2-3-6(11-5)8-4-12;1-5(2)6(8-4-11)7(9)10-3;10-6-8-2-4-9(6)3-1-7-5-11;1-2-9-5(8)6(7-10)3-4-6;1-5(8)7-3-2-6-4-9;1-6-5(8)3-2-4-7-9;1-5(2,6-9)4(7)8-3;1-4(6-9)3-5(7)8-2;5-4(7)1-2-6-3-8/h1-4H,5-6H2,(H2,9,11,12);7H,2-6H2,1H3;6-7H,4H2,1-3H3;2-6H2,1H3;1-6H2;2-3H,1H3;5-6H,1-3H3;1-4H2,(H,8,10);2-4H2,1H3;2-3H2,1H3,(H,7,8);2-4H2,1H3,(H,6,8);1-3H3;4H,3H2,1-2H3;1-2H2,(H2,5,7). The lowest BCUT2D eigenvalue weighted by Gasteiger charge is -2.28. The Hall–Kier alpha value is -10.1. The van der Waals surface area contributed by atoms with Crippen LogP contribution in [-0.2, 0) is 189 Å². The van der Waals surface area contributed by atoms with Crippen molar-refractivity contribution in [2.45, 2.75) is 219 Å². The number of amides is 7. The van der Waals surface area contributed by atoms with Crippen LogP contribution < -0.4 is 26.8 Å². The fraction of sp³-hybridized carbons (Fsp3) is 0.663. The first-order valence-corrected chi connectivity index (χ1v) is 52.5. The van der Waals surface area contributed by atoms with Gasteiger partial charge in [-0.05, 0) is 226 Å². The maximum atomic E-state index is 11.2. The van der Waals surface area contributed by atoms with Crippen LogP contribution in [0.3, 0.4) is 0 Å².